The zero-order chi connectivity index (χ0) is 19.2. The molecule has 1 fully saturated rings. The number of ether oxygens (including phenoxy) is 1. The molecular weight excluding hydrogens is 350 g/mol. The van der Waals surface area contributed by atoms with Gasteiger partial charge in [0, 0.05) is 55.0 Å². The van der Waals surface area contributed by atoms with E-state index >= 15 is 0 Å². The molecule has 0 unspecified atom stereocenters. The van der Waals surface area contributed by atoms with Gasteiger partial charge >= 0.3 is 0 Å². The summed E-state index contributed by atoms with van der Waals surface area (Å²) in [5, 5.41) is 1.25. The number of piperidine rings is 1. The van der Waals surface area contributed by atoms with E-state index in [1.54, 1.807) is 0 Å². The predicted octanol–water partition coefficient (Wildman–Crippen LogP) is 3.81. The number of hydrogen-bond acceptors (Lipinski definition) is 4. The van der Waals surface area contributed by atoms with Crippen LogP contribution in [-0.2, 0) is 16.1 Å². The summed E-state index contributed by atoms with van der Waals surface area (Å²) in [6.07, 6.45) is 4.22. The van der Waals surface area contributed by atoms with Crippen molar-refractivity contribution in [2.45, 2.75) is 25.4 Å². The molecule has 0 bridgehead atoms. The molecule has 1 saturated heterocycles. The Morgan fingerprint density at radius 2 is 1.93 bits per heavy atom. The van der Waals surface area contributed by atoms with Crippen LogP contribution in [0.25, 0.3) is 10.9 Å². The first kappa shape index (κ1) is 18.6. The van der Waals surface area contributed by atoms with Gasteiger partial charge in [0.15, 0.2) is 0 Å². The lowest BCUT2D eigenvalue weighted by molar-refractivity contribution is -0.129. The Labute approximate surface area is 165 Å². The first-order chi connectivity index (χ1) is 13.8. The van der Waals surface area contributed by atoms with Crippen molar-refractivity contribution in [1.82, 2.24) is 9.88 Å². The van der Waals surface area contributed by atoms with Gasteiger partial charge < -0.3 is 14.6 Å². The van der Waals surface area contributed by atoms with Gasteiger partial charge in [0.05, 0.1) is 0 Å². The highest BCUT2D eigenvalue weighted by Gasteiger charge is 2.25. The van der Waals surface area contributed by atoms with Gasteiger partial charge in [-0.05, 0) is 42.7 Å². The predicted molar refractivity (Wildman–Crippen MR) is 112 cm³/mol. The van der Waals surface area contributed by atoms with Crippen molar-refractivity contribution in [1.29, 1.82) is 0 Å². The van der Waals surface area contributed by atoms with Crippen LogP contribution in [0.2, 0.25) is 0 Å². The summed E-state index contributed by atoms with van der Waals surface area (Å²) < 4.78 is 4.86. The van der Waals surface area contributed by atoms with E-state index in [0.29, 0.717) is 19.1 Å². The quantitative estimate of drug-likeness (QED) is 0.479. The minimum absolute atomic E-state index is 0.478. The number of benzene rings is 2. The lowest BCUT2D eigenvalue weighted by Gasteiger charge is -2.40. The fraction of sp³-hybridized carbons (Fsp3) is 0.348. The molecule has 0 amide bonds. The molecule has 2 heterocycles. The summed E-state index contributed by atoms with van der Waals surface area (Å²) in [4.78, 5) is 18.6. The van der Waals surface area contributed by atoms with Crippen molar-refractivity contribution >= 4 is 23.1 Å². The van der Waals surface area contributed by atoms with Gasteiger partial charge in [-0.25, -0.2) is 0 Å². The first-order valence-corrected chi connectivity index (χ1v) is 9.99. The molecular formula is C23H27N3O2. The molecule has 5 heteroatoms. The Bertz CT molecular complexity index is 885. The van der Waals surface area contributed by atoms with Gasteiger partial charge in [-0.2, -0.15) is 0 Å². The maximum Gasteiger partial charge on any atom is 0.293 e. The minimum Gasteiger partial charge on any atom is -0.467 e. The van der Waals surface area contributed by atoms with E-state index < -0.39 is 0 Å². The number of aromatic amines is 1. The van der Waals surface area contributed by atoms with Crippen LogP contribution in [0, 0.1) is 0 Å². The molecule has 28 heavy (non-hydrogen) atoms. The van der Waals surface area contributed by atoms with E-state index in [-0.39, 0.29) is 0 Å². The number of anilines is 1. The average molecular weight is 377 g/mol. The van der Waals surface area contributed by atoms with Crippen molar-refractivity contribution in [2.75, 3.05) is 31.1 Å². The normalized spacial score (nSPS) is 15.6. The summed E-state index contributed by atoms with van der Waals surface area (Å²) >= 11 is 0. The highest BCUT2D eigenvalue weighted by Crippen LogP contribution is 2.28. The summed E-state index contributed by atoms with van der Waals surface area (Å²) in [7, 11) is 0. The Hall–Kier alpha value is -2.79. The Balaban J connectivity index is 1.51. The number of rotatable bonds is 8. The second kappa shape index (κ2) is 8.93. The number of fused-ring (bicyclic) bond motifs is 1. The summed E-state index contributed by atoms with van der Waals surface area (Å²) in [5.41, 5.74) is 3.78. The van der Waals surface area contributed by atoms with E-state index in [0.717, 1.165) is 39.0 Å². The molecule has 1 N–H and O–H groups in total. The summed E-state index contributed by atoms with van der Waals surface area (Å²) in [6.45, 7) is 4.81. The van der Waals surface area contributed by atoms with Crippen molar-refractivity contribution < 1.29 is 9.53 Å². The van der Waals surface area contributed by atoms with Crippen molar-refractivity contribution in [3.8, 4) is 0 Å². The maximum atomic E-state index is 10.3. The number of nitrogens with one attached hydrogen (secondary N) is 1. The van der Waals surface area contributed by atoms with Crippen molar-refractivity contribution in [2.24, 2.45) is 0 Å². The lowest BCUT2D eigenvalue weighted by Crippen LogP contribution is -2.45. The van der Waals surface area contributed by atoms with Gasteiger partial charge in [-0.1, -0.05) is 30.3 Å². The van der Waals surface area contributed by atoms with E-state index in [9.17, 15) is 4.79 Å². The zero-order valence-corrected chi connectivity index (χ0v) is 16.1. The number of H-pyrrole nitrogens is 1. The van der Waals surface area contributed by atoms with Crippen LogP contribution in [0.3, 0.4) is 0 Å². The molecule has 1 aromatic heterocycles. The number of aromatic nitrogens is 1. The van der Waals surface area contributed by atoms with Crippen molar-refractivity contribution in [3.05, 3.63) is 66.4 Å². The average Bonchev–Trinajstić information content (AvgIpc) is 3.21. The minimum atomic E-state index is 0.478. The molecule has 0 saturated carbocycles. The number of hydrogen-bond donors (Lipinski definition) is 1. The van der Waals surface area contributed by atoms with Crippen LogP contribution in [0.15, 0.2) is 60.8 Å². The SMILES string of the molecule is O=COCCN1CCC(N(Cc2ccccc2)c2ccc3[nH]ccc3c2)CC1. The largest absolute Gasteiger partial charge is 0.467 e. The molecule has 1 aliphatic heterocycles. The van der Waals surface area contributed by atoms with Crippen LogP contribution in [-0.4, -0.2) is 48.6 Å². The standard InChI is InChI=1S/C23H27N3O2/c27-18-28-15-14-25-12-9-21(10-13-25)26(17-19-4-2-1-3-5-19)22-6-7-23-20(16-22)8-11-24-23/h1-8,11,16,18,21,24H,9-10,12-15,17H2. The smallest absolute Gasteiger partial charge is 0.293 e. The molecule has 0 atom stereocenters. The number of likely N-dealkylation sites (tertiary alicyclic amines) is 1. The van der Waals surface area contributed by atoms with E-state index in [1.807, 2.05) is 6.20 Å². The van der Waals surface area contributed by atoms with E-state index in [1.165, 1.54) is 22.2 Å². The number of carbonyl (C=O) groups excluding carboxylic acids is 1. The Morgan fingerprint density at radius 1 is 1.11 bits per heavy atom. The highest BCUT2D eigenvalue weighted by molar-refractivity contribution is 5.83. The van der Waals surface area contributed by atoms with Crippen LogP contribution >= 0.6 is 0 Å². The fourth-order valence-corrected chi connectivity index (χ4v) is 4.12. The topological polar surface area (TPSA) is 48.6 Å². The second-order valence-electron chi connectivity index (χ2n) is 7.40. The molecule has 0 aliphatic carbocycles. The van der Waals surface area contributed by atoms with Gasteiger partial charge in [-0.15, -0.1) is 0 Å². The molecule has 5 nitrogen and oxygen atoms in total. The monoisotopic (exact) mass is 377 g/mol. The third-order valence-corrected chi connectivity index (χ3v) is 5.66. The molecule has 0 spiro atoms. The lowest BCUT2D eigenvalue weighted by atomic mass is 10.0. The molecule has 2 aromatic carbocycles. The maximum absolute atomic E-state index is 10.3. The third-order valence-electron chi connectivity index (χ3n) is 5.66. The fourth-order valence-electron chi connectivity index (χ4n) is 4.12. The van der Waals surface area contributed by atoms with Crippen LogP contribution < -0.4 is 4.90 Å². The summed E-state index contributed by atoms with van der Waals surface area (Å²) in [5.74, 6) is 0. The molecule has 1 aliphatic rings. The third kappa shape index (κ3) is 4.37. The van der Waals surface area contributed by atoms with Crippen LogP contribution in [0.1, 0.15) is 18.4 Å². The second-order valence-corrected chi connectivity index (χ2v) is 7.40. The Morgan fingerprint density at radius 3 is 2.71 bits per heavy atom. The van der Waals surface area contributed by atoms with Gasteiger partial charge in [0.2, 0.25) is 0 Å². The number of nitrogens with zero attached hydrogens (tertiary/aromatic N) is 2. The molecule has 3 aromatic rings. The molecule has 4 rings (SSSR count). The van der Waals surface area contributed by atoms with Crippen LogP contribution in [0.5, 0.6) is 0 Å². The number of carbonyl (C=O) groups is 1. The first-order valence-electron chi connectivity index (χ1n) is 9.99. The van der Waals surface area contributed by atoms with E-state index in [4.69, 9.17) is 4.74 Å². The Kier molecular flexibility index (Phi) is 5.92. The molecule has 146 valence electrons. The van der Waals surface area contributed by atoms with Crippen LogP contribution in [0.4, 0.5) is 5.69 Å². The van der Waals surface area contributed by atoms with E-state index in [2.05, 4.69) is 69.4 Å². The zero-order valence-electron chi connectivity index (χ0n) is 16.1. The van der Waals surface area contributed by atoms with Gasteiger partial charge in [-0.3, -0.25) is 9.69 Å². The highest BCUT2D eigenvalue weighted by atomic mass is 16.5. The summed E-state index contributed by atoms with van der Waals surface area (Å²) in [6, 6.07) is 20.0. The molecule has 0 radical (unpaired) electrons. The van der Waals surface area contributed by atoms with Gasteiger partial charge in [0.1, 0.15) is 6.61 Å². The van der Waals surface area contributed by atoms with Gasteiger partial charge in [0.25, 0.3) is 6.47 Å². The van der Waals surface area contributed by atoms with Crippen molar-refractivity contribution in [3.63, 3.8) is 0 Å².